The number of carbonyl (C=O) groups is 3. The predicted octanol–water partition coefficient (Wildman–Crippen LogP) is 3.20. The molecule has 0 saturated heterocycles. The van der Waals surface area contributed by atoms with Crippen molar-refractivity contribution in [1.82, 2.24) is 15.1 Å². The van der Waals surface area contributed by atoms with Crippen LogP contribution in [0.2, 0.25) is 0 Å². The van der Waals surface area contributed by atoms with Gasteiger partial charge in [-0.2, -0.15) is 5.10 Å². The van der Waals surface area contributed by atoms with Gasteiger partial charge in [-0.15, -0.1) is 0 Å². The van der Waals surface area contributed by atoms with Crippen LogP contribution < -0.4 is 10.2 Å². The molecule has 0 aliphatic carbocycles. The molecule has 8 nitrogen and oxygen atoms in total. The number of nitrogens with one attached hydrogen (secondary N) is 1. The number of para-hydroxylation sites is 1. The Kier molecular flexibility index (Phi) is 7.01. The van der Waals surface area contributed by atoms with Crippen molar-refractivity contribution in [2.75, 3.05) is 18.1 Å². The van der Waals surface area contributed by atoms with Crippen LogP contribution in [0.4, 0.5) is 5.69 Å². The van der Waals surface area contributed by atoms with Crippen molar-refractivity contribution in [2.24, 2.45) is 5.92 Å². The molecule has 8 heteroatoms. The van der Waals surface area contributed by atoms with Gasteiger partial charge in [-0.25, -0.2) is 4.79 Å². The standard InChI is InChI=1S/C24H32N4O4/c1-6-17-10-8-9-11-19(17)28-21(29)20-14-18(22(30)32-7-2)26-27(20)15-24(28,5)23(31)25-13-12-16(3)4/h8-11,14,16H,6-7,12-13,15H2,1-5H3,(H,25,31)/t24-/m0/s1. The van der Waals surface area contributed by atoms with Gasteiger partial charge in [-0.3, -0.25) is 19.2 Å². The molecular weight excluding hydrogens is 408 g/mol. The number of aryl methyl sites for hydroxylation is 1. The molecule has 0 bridgehead atoms. The summed E-state index contributed by atoms with van der Waals surface area (Å²) in [5.41, 5.74) is 0.742. The van der Waals surface area contributed by atoms with Crippen molar-refractivity contribution < 1.29 is 19.1 Å². The maximum Gasteiger partial charge on any atom is 0.358 e. The molecule has 2 amide bonds. The summed E-state index contributed by atoms with van der Waals surface area (Å²) in [6.45, 7) is 10.5. The van der Waals surface area contributed by atoms with E-state index in [0.29, 0.717) is 24.6 Å². The first kappa shape index (κ1) is 23.5. The number of nitrogens with zero attached hydrogens (tertiary/aromatic N) is 3. The minimum absolute atomic E-state index is 0.0587. The highest BCUT2D eigenvalue weighted by Gasteiger charge is 2.49. The summed E-state index contributed by atoms with van der Waals surface area (Å²) in [7, 11) is 0. The molecule has 0 radical (unpaired) electrons. The van der Waals surface area contributed by atoms with Crippen molar-refractivity contribution in [3.05, 3.63) is 47.3 Å². The number of benzene rings is 1. The molecule has 2 heterocycles. The Balaban J connectivity index is 2.07. The summed E-state index contributed by atoms with van der Waals surface area (Å²) in [5, 5.41) is 7.29. The first-order chi connectivity index (χ1) is 15.2. The lowest BCUT2D eigenvalue weighted by atomic mass is 9.92. The van der Waals surface area contributed by atoms with Crippen LogP contribution in [-0.4, -0.2) is 46.3 Å². The number of hydrogen-bond donors (Lipinski definition) is 1. The van der Waals surface area contributed by atoms with E-state index < -0.39 is 11.5 Å². The number of anilines is 1. The zero-order valence-corrected chi connectivity index (χ0v) is 19.5. The molecule has 1 aromatic carbocycles. The lowest BCUT2D eigenvalue weighted by Crippen LogP contribution is -2.64. The quantitative estimate of drug-likeness (QED) is 0.636. The highest BCUT2D eigenvalue weighted by Crippen LogP contribution is 2.35. The molecule has 2 aromatic rings. The Morgan fingerprint density at radius 2 is 1.97 bits per heavy atom. The fraction of sp³-hybridized carbons (Fsp3) is 0.500. The van der Waals surface area contributed by atoms with E-state index in [1.165, 1.54) is 10.7 Å². The summed E-state index contributed by atoms with van der Waals surface area (Å²) in [5.74, 6) is -0.776. The zero-order chi connectivity index (χ0) is 23.5. The number of esters is 1. The summed E-state index contributed by atoms with van der Waals surface area (Å²) in [4.78, 5) is 40.9. The first-order valence-electron chi connectivity index (χ1n) is 11.2. The van der Waals surface area contributed by atoms with Crippen molar-refractivity contribution in [2.45, 2.75) is 59.5 Å². The summed E-state index contributed by atoms with van der Waals surface area (Å²) >= 11 is 0. The Bertz CT molecular complexity index is 1010. The third-order valence-electron chi connectivity index (χ3n) is 5.75. The van der Waals surface area contributed by atoms with Gasteiger partial charge in [-0.05, 0) is 44.2 Å². The molecule has 1 atom stereocenters. The number of hydrogen-bond acceptors (Lipinski definition) is 5. The fourth-order valence-electron chi connectivity index (χ4n) is 3.96. The fourth-order valence-corrected chi connectivity index (χ4v) is 3.96. The van der Waals surface area contributed by atoms with Crippen molar-refractivity contribution in [1.29, 1.82) is 0 Å². The molecular formula is C24H32N4O4. The van der Waals surface area contributed by atoms with Gasteiger partial charge in [0.25, 0.3) is 5.91 Å². The Morgan fingerprint density at radius 3 is 2.62 bits per heavy atom. The van der Waals surface area contributed by atoms with Crippen LogP contribution >= 0.6 is 0 Å². The van der Waals surface area contributed by atoms with Crippen LogP contribution in [0.25, 0.3) is 0 Å². The number of aromatic nitrogens is 2. The van der Waals surface area contributed by atoms with Crippen LogP contribution in [0.3, 0.4) is 0 Å². The monoisotopic (exact) mass is 440 g/mol. The van der Waals surface area contributed by atoms with E-state index in [4.69, 9.17) is 4.74 Å². The second-order valence-electron chi connectivity index (χ2n) is 8.63. The first-order valence-corrected chi connectivity index (χ1v) is 11.2. The molecule has 32 heavy (non-hydrogen) atoms. The molecule has 1 aliphatic heterocycles. The van der Waals surface area contributed by atoms with E-state index in [1.807, 2.05) is 31.2 Å². The molecule has 0 fully saturated rings. The molecule has 0 spiro atoms. The van der Waals surface area contributed by atoms with E-state index in [2.05, 4.69) is 24.3 Å². The molecule has 1 N–H and O–H groups in total. The number of ether oxygens (including phenoxy) is 1. The van der Waals surface area contributed by atoms with Crippen LogP contribution in [0, 0.1) is 5.92 Å². The second-order valence-corrected chi connectivity index (χ2v) is 8.63. The van der Waals surface area contributed by atoms with E-state index in [0.717, 1.165) is 12.0 Å². The maximum absolute atomic E-state index is 13.7. The van der Waals surface area contributed by atoms with Gasteiger partial charge in [0, 0.05) is 18.3 Å². The predicted molar refractivity (Wildman–Crippen MR) is 122 cm³/mol. The molecule has 0 unspecified atom stereocenters. The Labute approximate surface area is 188 Å². The Morgan fingerprint density at radius 1 is 1.25 bits per heavy atom. The minimum atomic E-state index is -1.22. The van der Waals surface area contributed by atoms with Gasteiger partial charge >= 0.3 is 5.97 Å². The van der Waals surface area contributed by atoms with Crippen LogP contribution in [0.5, 0.6) is 0 Å². The molecule has 3 rings (SSSR count). The summed E-state index contributed by atoms with van der Waals surface area (Å²) < 4.78 is 6.49. The van der Waals surface area contributed by atoms with Gasteiger partial charge in [0.2, 0.25) is 5.91 Å². The van der Waals surface area contributed by atoms with Gasteiger partial charge in [-0.1, -0.05) is 39.0 Å². The van der Waals surface area contributed by atoms with E-state index >= 15 is 0 Å². The van der Waals surface area contributed by atoms with Gasteiger partial charge in [0.1, 0.15) is 11.2 Å². The summed E-state index contributed by atoms with van der Waals surface area (Å²) in [6, 6.07) is 9.02. The Hall–Kier alpha value is -3.16. The van der Waals surface area contributed by atoms with Crippen molar-refractivity contribution in [3.63, 3.8) is 0 Å². The number of carbonyl (C=O) groups excluding carboxylic acids is 3. The molecule has 1 aliphatic rings. The zero-order valence-electron chi connectivity index (χ0n) is 19.5. The average molecular weight is 441 g/mol. The molecule has 172 valence electrons. The third-order valence-corrected chi connectivity index (χ3v) is 5.75. The van der Waals surface area contributed by atoms with Crippen LogP contribution in [-0.2, 0) is 22.5 Å². The lowest BCUT2D eigenvalue weighted by molar-refractivity contribution is -0.126. The normalized spacial score (nSPS) is 17.9. The highest BCUT2D eigenvalue weighted by molar-refractivity contribution is 6.12. The van der Waals surface area contributed by atoms with Gasteiger partial charge < -0.3 is 10.1 Å². The molecule has 0 saturated carbocycles. The van der Waals surface area contributed by atoms with Gasteiger partial charge in [0.05, 0.1) is 13.2 Å². The lowest BCUT2D eigenvalue weighted by Gasteiger charge is -2.43. The number of amides is 2. The van der Waals surface area contributed by atoms with Crippen molar-refractivity contribution in [3.8, 4) is 0 Å². The van der Waals surface area contributed by atoms with Crippen molar-refractivity contribution >= 4 is 23.5 Å². The molecule has 1 aromatic heterocycles. The SMILES string of the molecule is CCOC(=O)c1cc2n(n1)C[C@@](C)(C(=O)NCCC(C)C)N(c1ccccc1CC)C2=O. The largest absolute Gasteiger partial charge is 0.461 e. The number of rotatable bonds is 8. The van der Waals surface area contributed by atoms with Crippen LogP contribution in [0.15, 0.2) is 30.3 Å². The second kappa shape index (κ2) is 9.54. The van der Waals surface area contributed by atoms with E-state index in [9.17, 15) is 14.4 Å². The smallest absolute Gasteiger partial charge is 0.358 e. The van der Waals surface area contributed by atoms with Crippen LogP contribution in [0.1, 0.15) is 67.6 Å². The minimum Gasteiger partial charge on any atom is -0.461 e. The number of fused-ring (bicyclic) bond motifs is 1. The topological polar surface area (TPSA) is 93.5 Å². The average Bonchev–Trinajstić information content (AvgIpc) is 3.18. The van der Waals surface area contributed by atoms with E-state index in [1.54, 1.807) is 18.7 Å². The van der Waals surface area contributed by atoms with E-state index in [-0.39, 0.29) is 36.4 Å². The third kappa shape index (κ3) is 4.40. The van der Waals surface area contributed by atoms with Gasteiger partial charge in [0.15, 0.2) is 5.69 Å². The maximum atomic E-state index is 13.7. The summed E-state index contributed by atoms with van der Waals surface area (Å²) in [6.07, 6.45) is 1.54. The highest BCUT2D eigenvalue weighted by atomic mass is 16.5.